The summed E-state index contributed by atoms with van der Waals surface area (Å²) in [6.07, 6.45) is 0.504. The molecule has 100 valence electrons. The number of halogens is 1. The maximum absolute atomic E-state index is 13.0. The second kappa shape index (κ2) is 5.85. The third kappa shape index (κ3) is 2.93. The normalized spacial score (nSPS) is 9.65. The Bertz CT molecular complexity index is 692. The lowest BCUT2D eigenvalue weighted by Crippen LogP contribution is -1.93. The number of methoxy groups -OCH3 is 1. The van der Waals surface area contributed by atoms with Crippen LogP contribution in [0.15, 0.2) is 36.4 Å². The molecule has 0 spiro atoms. The molecule has 0 aliphatic heterocycles. The van der Waals surface area contributed by atoms with Crippen molar-refractivity contribution in [1.29, 1.82) is 5.26 Å². The van der Waals surface area contributed by atoms with E-state index in [0.717, 1.165) is 6.07 Å². The molecule has 0 N–H and O–H groups in total. The summed E-state index contributed by atoms with van der Waals surface area (Å²) in [5.41, 5.74) is 0.445. The van der Waals surface area contributed by atoms with Gasteiger partial charge < -0.3 is 9.47 Å². The van der Waals surface area contributed by atoms with Crippen molar-refractivity contribution in [2.75, 3.05) is 7.11 Å². The molecule has 2 rings (SSSR count). The van der Waals surface area contributed by atoms with Crippen LogP contribution in [0.1, 0.15) is 15.9 Å². The van der Waals surface area contributed by atoms with Gasteiger partial charge in [0.1, 0.15) is 23.1 Å². The van der Waals surface area contributed by atoms with Gasteiger partial charge in [0.15, 0.2) is 6.29 Å². The van der Waals surface area contributed by atoms with E-state index in [4.69, 9.17) is 14.7 Å². The molecule has 0 aliphatic carbocycles. The van der Waals surface area contributed by atoms with Crippen LogP contribution in [0.5, 0.6) is 17.2 Å². The molecule has 2 aromatic rings. The van der Waals surface area contributed by atoms with Crippen molar-refractivity contribution < 1.29 is 18.7 Å². The minimum Gasteiger partial charge on any atom is -0.497 e. The number of ether oxygens (including phenoxy) is 2. The highest BCUT2D eigenvalue weighted by molar-refractivity contribution is 5.79. The number of carbonyl (C=O) groups excluding carboxylic acids is 1. The van der Waals surface area contributed by atoms with Crippen LogP contribution in [0.3, 0.4) is 0 Å². The predicted molar refractivity (Wildman–Crippen MR) is 69.6 cm³/mol. The number of hydrogen-bond donors (Lipinski definition) is 0. The molecular formula is C15H10FNO3. The van der Waals surface area contributed by atoms with Crippen LogP contribution in [-0.4, -0.2) is 13.4 Å². The summed E-state index contributed by atoms with van der Waals surface area (Å²) in [6, 6.07) is 10.2. The molecule has 0 atom stereocenters. The van der Waals surface area contributed by atoms with Gasteiger partial charge in [0, 0.05) is 6.07 Å². The first-order valence-electron chi connectivity index (χ1n) is 5.68. The molecule has 0 aromatic heterocycles. The van der Waals surface area contributed by atoms with Crippen LogP contribution < -0.4 is 9.47 Å². The number of aldehydes is 1. The molecule has 2 aromatic carbocycles. The molecule has 0 saturated heterocycles. The molecule has 0 aliphatic rings. The summed E-state index contributed by atoms with van der Waals surface area (Å²) >= 11 is 0. The Labute approximate surface area is 115 Å². The highest BCUT2D eigenvalue weighted by Gasteiger charge is 2.08. The maximum Gasteiger partial charge on any atom is 0.153 e. The number of nitrogens with zero attached hydrogens (tertiary/aromatic N) is 1. The average Bonchev–Trinajstić information content (AvgIpc) is 2.48. The van der Waals surface area contributed by atoms with Gasteiger partial charge in [-0.3, -0.25) is 4.79 Å². The zero-order chi connectivity index (χ0) is 14.5. The first-order chi connectivity index (χ1) is 9.66. The van der Waals surface area contributed by atoms with Crippen LogP contribution in [0.2, 0.25) is 0 Å². The number of rotatable bonds is 4. The largest absolute Gasteiger partial charge is 0.497 e. The fourth-order valence-electron chi connectivity index (χ4n) is 1.64. The van der Waals surface area contributed by atoms with Gasteiger partial charge in [-0.2, -0.15) is 5.26 Å². The summed E-state index contributed by atoms with van der Waals surface area (Å²) in [5, 5.41) is 8.92. The van der Waals surface area contributed by atoms with E-state index < -0.39 is 5.82 Å². The molecule has 0 saturated carbocycles. The van der Waals surface area contributed by atoms with E-state index in [2.05, 4.69) is 0 Å². The Morgan fingerprint density at radius 3 is 2.60 bits per heavy atom. The first-order valence-corrected chi connectivity index (χ1v) is 5.68. The van der Waals surface area contributed by atoms with Crippen LogP contribution in [0, 0.1) is 17.1 Å². The molecule has 0 radical (unpaired) electrons. The molecule has 20 heavy (non-hydrogen) atoms. The third-order valence-corrected chi connectivity index (χ3v) is 2.57. The molecule has 0 fully saturated rings. The molecule has 0 heterocycles. The van der Waals surface area contributed by atoms with E-state index in [1.807, 2.05) is 6.07 Å². The Morgan fingerprint density at radius 2 is 1.95 bits per heavy atom. The first kappa shape index (κ1) is 13.6. The summed E-state index contributed by atoms with van der Waals surface area (Å²) in [5.74, 6) is 0.464. The zero-order valence-corrected chi connectivity index (χ0v) is 10.6. The lowest BCUT2D eigenvalue weighted by molar-refractivity contribution is 0.112. The quantitative estimate of drug-likeness (QED) is 0.800. The molecular weight excluding hydrogens is 261 g/mol. The summed E-state index contributed by atoms with van der Waals surface area (Å²) in [7, 11) is 1.47. The number of nitriles is 1. The minimum atomic E-state index is -0.525. The van der Waals surface area contributed by atoms with Crippen molar-refractivity contribution in [3.05, 3.63) is 53.3 Å². The fourth-order valence-corrected chi connectivity index (χ4v) is 1.64. The van der Waals surface area contributed by atoms with Crippen molar-refractivity contribution in [3.63, 3.8) is 0 Å². The van der Waals surface area contributed by atoms with E-state index >= 15 is 0 Å². The van der Waals surface area contributed by atoms with E-state index in [9.17, 15) is 9.18 Å². The van der Waals surface area contributed by atoms with E-state index in [1.54, 1.807) is 12.1 Å². The van der Waals surface area contributed by atoms with Crippen LogP contribution in [-0.2, 0) is 0 Å². The number of hydrogen-bond acceptors (Lipinski definition) is 4. The monoisotopic (exact) mass is 271 g/mol. The van der Waals surface area contributed by atoms with Gasteiger partial charge in [0.05, 0.1) is 24.3 Å². The summed E-state index contributed by atoms with van der Waals surface area (Å²) in [4.78, 5) is 10.9. The highest BCUT2D eigenvalue weighted by Crippen LogP contribution is 2.29. The molecule has 5 heteroatoms. The van der Waals surface area contributed by atoms with Gasteiger partial charge in [-0.05, 0) is 30.3 Å². The average molecular weight is 271 g/mol. The van der Waals surface area contributed by atoms with Crippen molar-refractivity contribution in [2.24, 2.45) is 0 Å². The maximum atomic E-state index is 13.0. The number of carbonyl (C=O) groups is 1. The lowest BCUT2D eigenvalue weighted by Gasteiger charge is -2.09. The van der Waals surface area contributed by atoms with E-state index in [1.165, 1.54) is 25.3 Å². The highest BCUT2D eigenvalue weighted by atomic mass is 19.1. The van der Waals surface area contributed by atoms with Crippen molar-refractivity contribution in [3.8, 4) is 23.3 Å². The minimum absolute atomic E-state index is 0.0892. The smallest absolute Gasteiger partial charge is 0.153 e. The summed E-state index contributed by atoms with van der Waals surface area (Å²) < 4.78 is 23.6. The summed E-state index contributed by atoms with van der Waals surface area (Å²) in [6.45, 7) is 0. The Kier molecular flexibility index (Phi) is 3.96. The van der Waals surface area contributed by atoms with Crippen molar-refractivity contribution in [2.45, 2.75) is 0 Å². The molecule has 0 amide bonds. The van der Waals surface area contributed by atoms with E-state index in [-0.39, 0.29) is 11.3 Å². The van der Waals surface area contributed by atoms with Gasteiger partial charge in [-0.15, -0.1) is 0 Å². The van der Waals surface area contributed by atoms with Gasteiger partial charge in [0.2, 0.25) is 0 Å². The fraction of sp³-hybridized carbons (Fsp3) is 0.0667. The Hall–Kier alpha value is -2.87. The van der Waals surface area contributed by atoms with E-state index in [0.29, 0.717) is 23.3 Å². The topological polar surface area (TPSA) is 59.3 Å². The van der Waals surface area contributed by atoms with Crippen LogP contribution in [0.4, 0.5) is 4.39 Å². The lowest BCUT2D eigenvalue weighted by atomic mass is 10.2. The molecule has 0 bridgehead atoms. The van der Waals surface area contributed by atoms with Crippen molar-refractivity contribution >= 4 is 6.29 Å². The van der Waals surface area contributed by atoms with Crippen LogP contribution in [0.25, 0.3) is 0 Å². The molecule has 4 nitrogen and oxygen atoms in total. The second-order valence-electron chi connectivity index (χ2n) is 3.91. The number of benzene rings is 2. The molecule has 0 unspecified atom stereocenters. The standard InChI is InChI=1S/C15H10FNO3/c1-19-13-4-10(8-17)5-14(7-13)20-15-3-2-12(16)6-11(15)9-18/h2-7,9H,1H3. The van der Waals surface area contributed by atoms with Crippen molar-refractivity contribution in [1.82, 2.24) is 0 Å². The van der Waals surface area contributed by atoms with Gasteiger partial charge >= 0.3 is 0 Å². The van der Waals surface area contributed by atoms with Crippen LogP contribution >= 0.6 is 0 Å². The predicted octanol–water partition coefficient (Wildman–Crippen LogP) is 3.31. The Balaban J connectivity index is 2.39. The third-order valence-electron chi connectivity index (χ3n) is 2.57. The second-order valence-corrected chi connectivity index (χ2v) is 3.91. The zero-order valence-electron chi connectivity index (χ0n) is 10.6. The van der Waals surface area contributed by atoms with Gasteiger partial charge in [0.25, 0.3) is 0 Å². The SMILES string of the molecule is COc1cc(C#N)cc(Oc2ccc(F)cc2C=O)c1. The van der Waals surface area contributed by atoms with Gasteiger partial charge in [-0.1, -0.05) is 0 Å². The van der Waals surface area contributed by atoms with Gasteiger partial charge in [-0.25, -0.2) is 4.39 Å². The Morgan fingerprint density at radius 1 is 1.20 bits per heavy atom.